The molecule has 0 atom stereocenters. The van der Waals surface area contributed by atoms with Crippen LogP contribution in [0.3, 0.4) is 0 Å². The lowest BCUT2D eigenvalue weighted by molar-refractivity contribution is 0.307. The van der Waals surface area contributed by atoms with E-state index in [1.54, 1.807) is 0 Å². The van der Waals surface area contributed by atoms with E-state index in [0.29, 0.717) is 17.4 Å². The first-order chi connectivity index (χ1) is 9.65. The third kappa shape index (κ3) is 2.49. The van der Waals surface area contributed by atoms with E-state index < -0.39 is 0 Å². The molecule has 0 aliphatic rings. The molecule has 0 saturated heterocycles. The van der Waals surface area contributed by atoms with Gasteiger partial charge in [0.05, 0.1) is 5.02 Å². The van der Waals surface area contributed by atoms with Crippen molar-refractivity contribution in [1.29, 1.82) is 0 Å². The van der Waals surface area contributed by atoms with Crippen molar-refractivity contribution < 1.29 is 4.74 Å². The van der Waals surface area contributed by atoms with Crippen LogP contribution in [0, 0.1) is 0 Å². The minimum absolute atomic E-state index is 0.475. The van der Waals surface area contributed by atoms with Gasteiger partial charge in [-0.1, -0.05) is 41.4 Å². The van der Waals surface area contributed by atoms with Crippen LogP contribution in [-0.4, -0.2) is 4.57 Å². The van der Waals surface area contributed by atoms with E-state index in [-0.39, 0.29) is 0 Å². The molecule has 0 saturated carbocycles. The van der Waals surface area contributed by atoms with Crippen LogP contribution >= 0.6 is 23.2 Å². The number of hydrogen-bond acceptors (Lipinski definition) is 1. The largest absolute Gasteiger partial charge is 0.487 e. The Morgan fingerprint density at radius 2 is 1.90 bits per heavy atom. The summed E-state index contributed by atoms with van der Waals surface area (Å²) in [4.78, 5) is 0. The van der Waals surface area contributed by atoms with Crippen LogP contribution in [0.15, 0.2) is 48.7 Å². The standard InChI is InChI=1S/C16H13Cl2NO/c1-19-9-11(13-7-6-12(17)8-15(13)19)10-20-16-5-3-2-4-14(16)18/h2-9H,10H2,1H3. The smallest absolute Gasteiger partial charge is 0.138 e. The highest BCUT2D eigenvalue weighted by Crippen LogP contribution is 2.27. The molecule has 0 bridgehead atoms. The fraction of sp³-hybridized carbons (Fsp3) is 0.125. The normalized spacial score (nSPS) is 10.9. The molecule has 0 N–H and O–H groups in total. The molecular weight excluding hydrogens is 293 g/mol. The van der Waals surface area contributed by atoms with Gasteiger partial charge in [-0.3, -0.25) is 0 Å². The van der Waals surface area contributed by atoms with E-state index in [1.165, 1.54) is 0 Å². The summed E-state index contributed by atoms with van der Waals surface area (Å²) in [6.07, 6.45) is 2.05. The highest BCUT2D eigenvalue weighted by molar-refractivity contribution is 6.32. The summed E-state index contributed by atoms with van der Waals surface area (Å²) in [5.41, 5.74) is 2.20. The molecule has 2 aromatic carbocycles. The number of nitrogens with zero attached hydrogens (tertiary/aromatic N) is 1. The zero-order valence-corrected chi connectivity index (χ0v) is 12.4. The second-order valence-electron chi connectivity index (χ2n) is 4.65. The average molecular weight is 306 g/mol. The molecule has 3 rings (SSSR count). The molecule has 0 aliphatic heterocycles. The second-order valence-corrected chi connectivity index (χ2v) is 5.49. The lowest BCUT2D eigenvalue weighted by Crippen LogP contribution is -1.95. The zero-order valence-electron chi connectivity index (χ0n) is 10.9. The monoisotopic (exact) mass is 305 g/mol. The molecule has 0 aliphatic carbocycles. The van der Waals surface area contributed by atoms with Crippen LogP contribution in [0.2, 0.25) is 10.0 Å². The van der Waals surface area contributed by atoms with E-state index in [4.69, 9.17) is 27.9 Å². The van der Waals surface area contributed by atoms with Crippen molar-refractivity contribution in [3.05, 3.63) is 64.3 Å². The first-order valence-electron chi connectivity index (χ1n) is 6.26. The summed E-state index contributed by atoms with van der Waals surface area (Å²) in [6, 6.07) is 13.3. The third-order valence-electron chi connectivity index (χ3n) is 3.26. The molecule has 102 valence electrons. The average Bonchev–Trinajstić information content (AvgIpc) is 2.74. The van der Waals surface area contributed by atoms with Crippen molar-refractivity contribution in [2.24, 2.45) is 7.05 Å². The third-order valence-corrected chi connectivity index (χ3v) is 3.80. The zero-order chi connectivity index (χ0) is 14.1. The summed E-state index contributed by atoms with van der Waals surface area (Å²) >= 11 is 12.1. The molecule has 0 unspecified atom stereocenters. The van der Waals surface area contributed by atoms with Crippen molar-refractivity contribution in [3.8, 4) is 5.75 Å². The Morgan fingerprint density at radius 1 is 1.10 bits per heavy atom. The van der Waals surface area contributed by atoms with E-state index >= 15 is 0 Å². The number of para-hydroxylation sites is 1. The van der Waals surface area contributed by atoms with Crippen LogP contribution in [0.25, 0.3) is 10.9 Å². The highest BCUT2D eigenvalue weighted by Gasteiger charge is 2.08. The van der Waals surface area contributed by atoms with Gasteiger partial charge < -0.3 is 9.30 Å². The Kier molecular flexibility index (Phi) is 3.60. The van der Waals surface area contributed by atoms with Crippen molar-refractivity contribution in [2.75, 3.05) is 0 Å². The Bertz CT molecular complexity index is 764. The van der Waals surface area contributed by atoms with Crippen LogP contribution in [0.1, 0.15) is 5.56 Å². The fourth-order valence-corrected chi connectivity index (χ4v) is 2.63. The Morgan fingerprint density at radius 3 is 2.70 bits per heavy atom. The van der Waals surface area contributed by atoms with Gasteiger partial charge in [0.2, 0.25) is 0 Å². The van der Waals surface area contributed by atoms with Gasteiger partial charge in [0.1, 0.15) is 12.4 Å². The Balaban J connectivity index is 1.90. The molecule has 1 heterocycles. The van der Waals surface area contributed by atoms with Gasteiger partial charge in [-0.15, -0.1) is 0 Å². The lowest BCUT2D eigenvalue weighted by Gasteiger charge is -2.06. The highest BCUT2D eigenvalue weighted by atomic mass is 35.5. The van der Waals surface area contributed by atoms with Crippen molar-refractivity contribution in [3.63, 3.8) is 0 Å². The maximum absolute atomic E-state index is 6.09. The topological polar surface area (TPSA) is 14.2 Å². The van der Waals surface area contributed by atoms with Crippen molar-refractivity contribution in [2.45, 2.75) is 6.61 Å². The number of fused-ring (bicyclic) bond motifs is 1. The molecule has 0 fully saturated rings. The van der Waals surface area contributed by atoms with Crippen LogP contribution in [-0.2, 0) is 13.7 Å². The number of benzene rings is 2. The Hall–Kier alpha value is -1.64. The maximum Gasteiger partial charge on any atom is 0.138 e. The van der Waals surface area contributed by atoms with E-state index in [0.717, 1.165) is 21.5 Å². The molecule has 2 nitrogen and oxygen atoms in total. The van der Waals surface area contributed by atoms with Crippen molar-refractivity contribution in [1.82, 2.24) is 4.57 Å². The number of hydrogen-bond donors (Lipinski definition) is 0. The maximum atomic E-state index is 6.09. The van der Waals surface area contributed by atoms with Crippen LogP contribution < -0.4 is 4.74 Å². The predicted molar refractivity (Wildman–Crippen MR) is 83.7 cm³/mol. The van der Waals surface area contributed by atoms with E-state index in [2.05, 4.69) is 6.20 Å². The fourth-order valence-electron chi connectivity index (χ4n) is 2.27. The van der Waals surface area contributed by atoms with Gasteiger partial charge in [0.25, 0.3) is 0 Å². The van der Waals surface area contributed by atoms with Crippen molar-refractivity contribution >= 4 is 34.1 Å². The minimum Gasteiger partial charge on any atom is -0.487 e. The molecular formula is C16H13Cl2NO. The van der Waals surface area contributed by atoms with E-state index in [1.807, 2.05) is 54.1 Å². The first kappa shape index (κ1) is 13.3. The van der Waals surface area contributed by atoms with Crippen LogP contribution in [0.5, 0.6) is 5.75 Å². The SMILES string of the molecule is Cn1cc(COc2ccccc2Cl)c2ccc(Cl)cc21. The van der Waals surface area contributed by atoms with Gasteiger partial charge in [-0.25, -0.2) is 0 Å². The van der Waals surface area contributed by atoms with Gasteiger partial charge >= 0.3 is 0 Å². The van der Waals surface area contributed by atoms with Gasteiger partial charge in [-0.05, 0) is 24.3 Å². The van der Waals surface area contributed by atoms with Gasteiger partial charge in [0, 0.05) is 34.7 Å². The first-order valence-corrected chi connectivity index (χ1v) is 7.01. The van der Waals surface area contributed by atoms with Gasteiger partial charge in [-0.2, -0.15) is 0 Å². The van der Waals surface area contributed by atoms with Gasteiger partial charge in [0.15, 0.2) is 0 Å². The number of aryl methyl sites for hydroxylation is 1. The molecule has 0 radical (unpaired) electrons. The molecule has 0 spiro atoms. The summed E-state index contributed by atoms with van der Waals surface area (Å²) < 4.78 is 7.84. The molecule has 20 heavy (non-hydrogen) atoms. The van der Waals surface area contributed by atoms with E-state index in [9.17, 15) is 0 Å². The summed E-state index contributed by atoms with van der Waals surface area (Å²) in [7, 11) is 2.00. The second kappa shape index (κ2) is 5.39. The molecule has 0 amide bonds. The summed E-state index contributed by atoms with van der Waals surface area (Å²) in [5, 5.41) is 2.50. The molecule has 3 aromatic rings. The summed E-state index contributed by atoms with van der Waals surface area (Å²) in [5.74, 6) is 0.695. The Labute approximate surface area is 127 Å². The molecule has 1 aromatic heterocycles. The summed E-state index contributed by atoms with van der Waals surface area (Å²) in [6.45, 7) is 0.475. The number of ether oxygens (including phenoxy) is 1. The quantitative estimate of drug-likeness (QED) is 0.659. The minimum atomic E-state index is 0.475. The number of halogens is 2. The number of rotatable bonds is 3. The predicted octanol–water partition coefficient (Wildman–Crippen LogP) is 5.06. The lowest BCUT2D eigenvalue weighted by atomic mass is 10.2. The number of aromatic nitrogens is 1. The van der Waals surface area contributed by atoms with Crippen LogP contribution in [0.4, 0.5) is 0 Å². The molecule has 4 heteroatoms.